The van der Waals surface area contributed by atoms with Crippen molar-refractivity contribution in [3.8, 4) is 5.75 Å². The lowest BCUT2D eigenvalue weighted by atomic mass is 10.1. The molecule has 0 aliphatic carbocycles. The molecule has 4 aromatic rings. The number of rotatable bonds is 6. The summed E-state index contributed by atoms with van der Waals surface area (Å²) in [4.78, 5) is 21.7. The Kier molecular flexibility index (Phi) is 6.55. The molecule has 2 heterocycles. The van der Waals surface area contributed by atoms with Crippen molar-refractivity contribution in [2.24, 2.45) is 7.05 Å². The van der Waals surface area contributed by atoms with Gasteiger partial charge in [-0.15, -0.1) is 0 Å². The zero-order valence-electron chi connectivity index (χ0n) is 17.3. The first-order chi connectivity index (χ1) is 15.3. The summed E-state index contributed by atoms with van der Waals surface area (Å²) < 4.78 is 7.66. The fraction of sp³-hybridized carbons (Fsp3) is 0.174. The van der Waals surface area contributed by atoms with Gasteiger partial charge in [-0.3, -0.25) is 4.79 Å². The molecule has 0 saturated carbocycles. The highest BCUT2D eigenvalue weighted by Gasteiger charge is 2.22. The van der Waals surface area contributed by atoms with Crippen LogP contribution in [0.5, 0.6) is 5.75 Å². The quantitative estimate of drug-likeness (QED) is 0.387. The maximum Gasteiger partial charge on any atom is 0.258 e. The fourth-order valence-electron chi connectivity index (χ4n) is 3.38. The topological polar surface area (TPSA) is 69.0 Å². The van der Waals surface area contributed by atoms with Crippen LogP contribution in [0.3, 0.4) is 0 Å². The maximum atomic E-state index is 12.9. The van der Waals surface area contributed by atoms with Gasteiger partial charge >= 0.3 is 0 Å². The second-order valence-corrected chi connectivity index (χ2v) is 8.51. The Morgan fingerprint density at radius 1 is 1.12 bits per heavy atom. The van der Waals surface area contributed by atoms with Crippen molar-refractivity contribution in [3.05, 3.63) is 87.0 Å². The smallest absolute Gasteiger partial charge is 0.258 e. The molecule has 0 radical (unpaired) electrons. The second kappa shape index (κ2) is 9.36. The third kappa shape index (κ3) is 4.67. The lowest BCUT2D eigenvalue weighted by Crippen LogP contribution is -2.34. The number of hydrogen-bond donors (Lipinski definition) is 1. The fourth-order valence-corrected chi connectivity index (χ4v) is 4.07. The minimum atomic E-state index is -0.485. The summed E-state index contributed by atoms with van der Waals surface area (Å²) >= 11 is 18.7. The third-order valence-electron chi connectivity index (χ3n) is 4.95. The Morgan fingerprint density at radius 2 is 1.88 bits per heavy atom. The summed E-state index contributed by atoms with van der Waals surface area (Å²) in [6.45, 7) is 1.59. The number of nitrogens with one attached hydrogen (secondary N) is 1. The van der Waals surface area contributed by atoms with Crippen LogP contribution in [-0.4, -0.2) is 27.0 Å². The molecule has 0 spiro atoms. The summed E-state index contributed by atoms with van der Waals surface area (Å²) in [7, 11) is 1.86. The van der Waals surface area contributed by atoms with Crippen LogP contribution in [0.2, 0.25) is 15.1 Å². The Bertz CT molecular complexity index is 1290. The number of halogens is 3. The summed E-state index contributed by atoms with van der Waals surface area (Å²) in [5.41, 5.74) is 2.13. The van der Waals surface area contributed by atoms with Gasteiger partial charge in [-0.05, 0) is 42.8 Å². The van der Waals surface area contributed by atoms with Crippen LogP contribution in [0, 0.1) is 6.92 Å². The van der Waals surface area contributed by atoms with Gasteiger partial charge in [0.1, 0.15) is 17.4 Å². The Morgan fingerprint density at radius 3 is 2.56 bits per heavy atom. The van der Waals surface area contributed by atoms with Gasteiger partial charge in [-0.25, -0.2) is 9.97 Å². The van der Waals surface area contributed by atoms with Gasteiger partial charge in [-0.1, -0.05) is 46.9 Å². The van der Waals surface area contributed by atoms with Crippen LogP contribution in [0.1, 0.15) is 23.1 Å². The van der Waals surface area contributed by atoms with Crippen LogP contribution < -0.4 is 10.1 Å². The van der Waals surface area contributed by atoms with Gasteiger partial charge in [0.2, 0.25) is 0 Å². The van der Waals surface area contributed by atoms with Crippen molar-refractivity contribution >= 4 is 51.6 Å². The van der Waals surface area contributed by atoms with E-state index in [1.54, 1.807) is 24.4 Å². The van der Waals surface area contributed by atoms with E-state index in [2.05, 4.69) is 15.3 Å². The standard InChI is InChI=1S/C23H19Cl3N4O2/c1-13-3-8-16-17(25)11-18(26)22(21(16)28-13)32-12-19(31)29-20(23-27-9-10-30(23)2)14-4-6-15(24)7-5-14/h3-11,20H,12H2,1-2H3,(H,29,31)/t20-/m1/s1. The predicted molar refractivity (Wildman–Crippen MR) is 127 cm³/mol. The van der Waals surface area contributed by atoms with Crippen molar-refractivity contribution in [2.45, 2.75) is 13.0 Å². The number of nitrogens with zero attached hydrogens (tertiary/aromatic N) is 3. The third-order valence-corrected chi connectivity index (χ3v) is 5.80. The minimum absolute atomic E-state index is 0.263. The molecule has 32 heavy (non-hydrogen) atoms. The van der Waals surface area contributed by atoms with Crippen molar-refractivity contribution in [3.63, 3.8) is 0 Å². The number of carbonyl (C=O) groups is 1. The number of hydrogen-bond acceptors (Lipinski definition) is 4. The van der Waals surface area contributed by atoms with E-state index < -0.39 is 6.04 Å². The normalized spacial score (nSPS) is 12.0. The molecule has 0 saturated heterocycles. The molecule has 0 bridgehead atoms. The van der Waals surface area contributed by atoms with Gasteiger partial charge in [-0.2, -0.15) is 0 Å². The number of aryl methyl sites for hydroxylation is 2. The zero-order valence-corrected chi connectivity index (χ0v) is 19.5. The first-order valence-corrected chi connectivity index (χ1v) is 10.9. The summed E-state index contributed by atoms with van der Waals surface area (Å²) in [6, 6.07) is 12.0. The highest BCUT2D eigenvalue weighted by molar-refractivity contribution is 6.39. The van der Waals surface area contributed by atoms with E-state index in [9.17, 15) is 4.79 Å². The Labute approximate surface area is 200 Å². The minimum Gasteiger partial charge on any atom is -0.480 e. The van der Waals surface area contributed by atoms with Crippen molar-refractivity contribution in [1.29, 1.82) is 0 Å². The van der Waals surface area contributed by atoms with Crippen molar-refractivity contribution < 1.29 is 9.53 Å². The second-order valence-electron chi connectivity index (χ2n) is 7.26. The zero-order chi connectivity index (χ0) is 22.8. The average molecular weight is 490 g/mol. The largest absolute Gasteiger partial charge is 0.480 e. The number of amides is 1. The molecule has 0 unspecified atom stereocenters. The molecule has 6 nitrogen and oxygen atoms in total. The molecule has 0 aliphatic rings. The molecule has 164 valence electrons. The van der Waals surface area contributed by atoms with Crippen LogP contribution in [-0.2, 0) is 11.8 Å². The van der Waals surface area contributed by atoms with E-state index in [1.165, 1.54) is 0 Å². The molecule has 2 aromatic carbocycles. The molecule has 9 heteroatoms. The molecule has 4 rings (SSSR count). The van der Waals surface area contributed by atoms with E-state index in [1.807, 2.05) is 49.0 Å². The number of aromatic nitrogens is 3. The van der Waals surface area contributed by atoms with Crippen LogP contribution in [0.25, 0.3) is 10.9 Å². The monoisotopic (exact) mass is 488 g/mol. The number of fused-ring (bicyclic) bond motifs is 1. The van der Waals surface area contributed by atoms with Crippen LogP contribution in [0.15, 0.2) is 54.9 Å². The molecule has 0 fully saturated rings. The Balaban J connectivity index is 1.58. The van der Waals surface area contributed by atoms with E-state index in [4.69, 9.17) is 39.5 Å². The summed E-state index contributed by atoms with van der Waals surface area (Å²) in [6.07, 6.45) is 3.49. The van der Waals surface area contributed by atoms with Crippen molar-refractivity contribution in [2.75, 3.05) is 6.61 Å². The maximum absolute atomic E-state index is 12.9. The molecular weight excluding hydrogens is 471 g/mol. The molecule has 0 aliphatic heterocycles. The van der Waals surface area contributed by atoms with Gasteiger partial charge in [0, 0.05) is 35.5 Å². The van der Waals surface area contributed by atoms with E-state index in [0.29, 0.717) is 32.5 Å². The average Bonchev–Trinajstić information content (AvgIpc) is 3.18. The number of imidazole rings is 1. The number of carbonyl (C=O) groups excluding carboxylic acids is 1. The molecule has 1 atom stereocenters. The van der Waals surface area contributed by atoms with Crippen LogP contribution >= 0.6 is 34.8 Å². The molecule has 1 amide bonds. The highest BCUT2D eigenvalue weighted by Crippen LogP contribution is 2.37. The van der Waals surface area contributed by atoms with Gasteiger partial charge in [0.05, 0.1) is 10.0 Å². The van der Waals surface area contributed by atoms with Gasteiger partial charge in [0.15, 0.2) is 12.4 Å². The number of pyridine rings is 1. The summed E-state index contributed by atoms with van der Waals surface area (Å²) in [5, 5.41) is 5.03. The SMILES string of the molecule is Cc1ccc2c(Cl)cc(Cl)c(OCC(=O)N[C@H](c3ccc(Cl)cc3)c3nccn3C)c2n1. The number of ether oxygens (including phenoxy) is 1. The molecule has 2 aromatic heterocycles. The van der Waals surface area contributed by atoms with E-state index in [-0.39, 0.29) is 17.5 Å². The predicted octanol–water partition coefficient (Wildman–Crippen LogP) is 5.52. The van der Waals surface area contributed by atoms with E-state index in [0.717, 1.165) is 11.3 Å². The first-order valence-electron chi connectivity index (χ1n) is 9.73. The lowest BCUT2D eigenvalue weighted by molar-refractivity contribution is -0.123. The first kappa shape index (κ1) is 22.4. The van der Waals surface area contributed by atoms with Gasteiger partial charge in [0.25, 0.3) is 5.91 Å². The lowest BCUT2D eigenvalue weighted by Gasteiger charge is -2.20. The molecular formula is C23H19Cl3N4O2. The van der Waals surface area contributed by atoms with E-state index >= 15 is 0 Å². The Hall–Kier alpha value is -2.80. The van der Waals surface area contributed by atoms with Crippen LogP contribution in [0.4, 0.5) is 0 Å². The summed E-state index contributed by atoms with van der Waals surface area (Å²) in [5.74, 6) is 0.637. The molecule has 1 N–H and O–H groups in total. The van der Waals surface area contributed by atoms with Crippen molar-refractivity contribution in [1.82, 2.24) is 19.9 Å². The van der Waals surface area contributed by atoms with Gasteiger partial charge < -0.3 is 14.6 Å². The highest BCUT2D eigenvalue weighted by atomic mass is 35.5. The number of benzene rings is 2.